The topological polar surface area (TPSA) is 41.1 Å². The third-order valence-electron chi connectivity index (χ3n) is 3.05. The van der Waals surface area contributed by atoms with E-state index in [1.54, 1.807) is 0 Å². The molecule has 0 aliphatic heterocycles. The van der Waals surface area contributed by atoms with E-state index in [-0.39, 0.29) is 6.03 Å². The SMILES string of the molecule is CCCCNC(=O)Nc1c(CC)cccc1CC. The maximum absolute atomic E-state index is 11.8. The van der Waals surface area contributed by atoms with Gasteiger partial charge in [-0.3, -0.25) is 0 Å². The number of carbonyl (C=O) groups is 1. The van der Waals surface area contributed by atoms with Crippen molar-refractivity contribution in [1.82, 2.24) is 5.32 Å². The number of hydrogen-bond donors (Lipinski definition) is 2. The number of para-hydroxylation sites is 1. The molecule has 0 aromatic heterocycles. The first kappa shape index (κ1) is 14.6. The molecule has 1 aromatic carbocycles. The molecule has 1 aromatic rings. The van der Waals surface area contributed by atoms with Crippen LogP contribution in [0.25, 0.3) is 0 Å². The fourth-order valence-corrected chi connectivity index (χ4v) is 1.94. The van der Waals surface area contributed by atoms with Gasteiger partial charge in [-0.05, 0) is 30.4 Å². The number of urea groups is 1. The lowest BCUT2D eigenvalue weighted by atomic mass is 10.0. The molecule has 0 heterocycles. The van der Waals surface area contributed by atoms with Crippen LogP contribution in [0.5, 0.6) is 0 Å². The molecule has 100 valence electrons. The summed E-state index contributed by atoms with van der Waals surface area (Å²) < 4.78 is 0. The zero-order valence-corrected chi connectivity index (χ0v) is 11.7. The smallest absolute Gasteiger partial charge is 0.319 e. The minimum atomic E-state index is -0.0981. The molecule has 3 heteroatoms. The van der Waals surface area contributed by atoms with E-state index in [2.05, 4.69) is 49.6 Å². The summed E-state index contributed by atoms with van der Waals surface area (Å²) in [4.78, 5) is 11.8. The molecule has 0 radical (unpaired) electrons. The molecule has 18 heavy (non-hydrogen) atoms. The van der Waals surface area contributed by atoms with Crippen LogP contribution in [0.1, 0.15) is 44.7 Å². The Kier molecular flexibility index (Phi) is 6.26. The Bertz CT molecular complexity index is 366. The maximum atomic E-state index is 11.8. The molecule has 0 aliphatic carbocycles. The van der Waals surface area contributed by atoms with Crippen LogP contribution in [0, 0.1) is 0 Å². The highest BCUT2D eigenvalue weighted by Gasteiger charge is 2.09. The van der Waals surface area contributed by atoms with E-state index in [4.69, 9.17) is 0 Å². The summed E-state index contributed by atoms with van der Waals surface area (Å²) in [6.07, 6.45) is 3.96. The highest BCUT2D eigenvalue weighted by Crippen LogP contribution is 2.22. The predicted molar refractivity (Wildman–Crippen MR) is 77.1 cm³/mol. The number of unbranched alkanes of at least 4 members (excludes halogenated alkanes) is 1. The Morgan fingerprint density at radius 1 is 1.11 bits per heavy atom. The molecule has 0 unspecified atom stereocenters. The fourth-order valence-electron chi connectivity index (χ4n) is 1.94. The van der Waals surface area contributed by atoms with Crippen molar-refractivity contribution in [1.29, 1.82) is 0 Å². The fraction of sp³-hybridized carbons (Fsp3) is 0.533. The number of anilines is 1. The average Bonchev–Trinajstić information content (AvgIpc) is 2.39. The van der Waals surface area contributed by atoms with Gasteiger partial charge in [0.05, 0.1) is 0 Å². The van der Waals surface area contributed by atoms with Gasteiger partial charge in [0.1, 0.15) is 0 Å². The van der Waals surface area contributed by atoms with Gasteiger partial charge in [0, 0.05) is 12.2 Å². The third kappa shape index (κ3) is 4.06. The van der Waals surface area contributed by atoms with Crippen LogP contribution in [-0.2, 0) is 12.8 Å². The lowest BCUT2D eigenvalue weighted by Crippen LogP contribution is -2.30. The molecule has 2 amide bonds. The Hall–Kier alpha value is -1.51. The van der Waals surface area contributed by atoms with Gasteiger partial charge in [0.25, 0.3) is 0 Å². The van der Waals surface area contributed by atoms with Crippen LogP contribution in [0.15, 0.2) is 18.2 Å². The third-order valence-corrected chi connectivity index (χ3v) is 3.05. The number of amides is 2. The van der Waals surface area contributed by atoms with E-state index in [1.165, 1.54) is 11.1 Å². The van der Waals surface area contributed by atoms with E-state index in [0.717, 1.165) is 37.9 Å². The molecular weight excluding hydrogens is 224 g/mol. The number of benzene rings is 1. The van der Waals surface area contributed by atoms with Crippen molar-refractivity contribution in [3.05, 3.63) is 29.3 Å². The van der Waals surface area contributed by atoms with Crippen molar-refractivity contribution in [2.75, 3.05) is 11.9 Å². The second-order valence-corrected chi connectivity index (χ2v) is 4.39. The summed E-state index contributed by atoms with van der Waals surface area (Å²) in [6.45, 7) is 7.06. The van der Waals surface area contributed by atoms with Crippen molar-refractivity contribution < 1.29 is 4.79 Å². The molecule has 1 rings (SSSR count). The summed E-state index contributed by atoms with van der Waals surface area (Å²) >= 11 is 0. The number of carbonyl (C=O) groups excluding carboxylic acids is 1. The van der Waals surface area contributed by atoms with Gasteiger partial charge in [-0.15, -0.1) is 0 Å². The van der Waals surface area contributed by atoms with Crippen molar-refractivity contribution in [2.24, 2.45) is 0 Å². The second-order valence-electron chi connectivity index (χ2n) is 4.39. The van der Waals surface area contributed by atoms with Gasteiger partial charge in [0.2, 0.25) is 0 Å². The first-order chi connectivity index (χ1) is 8.72. The minimum absolute atomic E-state index is 0.0981. The van der Waals surface area contributed by atoms with Crippen LogP contribution in [-0.4, -0.2) is 12.6 Å². The first-order valence-corrected chi connectivity index (χ1v) is 6.88. The maximum Gasteiger partial charge on any atom is 0.319 e. The minimum Gasteiger partial charge on any atom is -0.338 e. The monoisotopic (exact) mass is 248 g/mol. The predicted octanol–water partition coefficient (Wildman–Crippen LogP) is 3.73. The number of hydrogen-bond acceptors (Lipinski definition) is 1. The van der Waals surface area contributed by atoms with E-state index in [9.17, 15) is 4.79 Å². The Balaban J connectivity index is 2.72. The van der Waals surface area contributed by atoms with E-state index < -0.39 is 0 Å². The zero-order chi connectivity index (χ0) is 13.4. The van der Waals surface area contributed by atoms with Crippen molar-refractivity contribution in [2.45, 2.75) is 46.5 Å². The molecule has 0 saturated carbocycles. The largest absolute Gasteiger partial charge is 0.338 e. The lowest BCUT2D eigenvalue weighted by molar-refractivity contribution is 0.252. The van der Waals surface area contributed by atoms with E-state index in [1.807, 2.05) is 0 Å². The normalized spacial score (nSPS) is 10.2. The summed E-state index contributed by atoms with van der Waals surface area (Å²) in [5.41, 5.74) is 3.37. The summed E-state index contributed by atoms with van der Waals surface area (Å²) in [7, 11) is 0. The van der Waals surface area contributed by atoms with Crippen LogP contribution in [0.3, 0.4) is 0 Å². The van der Waals surface area contributed by atoms with Crippen LogP contribution >= 0.6 is 0 Å². The molecule has 0 fully saturated rings. The number of aryl methyl sites for hydroxylation is 2. The summed E-state index contributed by atoms with van der Waals surface area (Å²) in [5.74, 6) is 0. The molecule has 0 aliphatic rings. The first-order valence-electron chi connectivity index (χ1n) is 6.88. The highest BCUT2D eigenvalue weighted by atomic mass is 16.2. The van der Waals surface area contributed by atoms with Gasteiger partial charge in [0.15, 0.2) is 0 Å². The van der Waals surface area contributed by atoms with Crippen LogP contribution in [0.2, 0.25) is 0 Å². The summed E-state index contributed by atoms with van der Waals surface area (Å²) in [6, 6.07) is 6.10. The van der Waals surface area contributed by atoms with Gasteiger partial charge in [-0.1, -0.05) is 45.4 Å². The lowest BCUT2D eigenvalue weighted by Gasteiger charge is -2.14. The average molecular weight is 248 g/mol. The van der Waals surface area contributed by atoms with Crippen LogP contribution in [0.4, 0.5) is 10.5 Å². The van der Waals surface area contributed by atoms with E-state index in [0.29, 0.717) is 0 Å². The van der Waals surface area contributed by atoms with Gasteiger partial charge in [-0.2, -0.15) is 0 Å². The Labute approximate surface area is 110 Å². The molecule has 0 spiro atoms. The molecule has 0 bridgehead atoms. The van der Waals surface area contributed by atoms with Crippen LogP contribution < -0.4 is 10.6 Å². The van der Waals surface area contributed by atoms with Gasteiger partial charge in [-0.25, -0.2) is 4.79 Å². The number of rotatable bonds is 6. The van der Waals surface area contributed by atoms with E-state index >= 15 is 0 Å². The molecular formula is C15H24N2O. The Morgan fingerprint density at radius 3 is 2.22 bits per heavy atom. The van der Waals surface area contributed by atoms with Crippen molar-refractivity contribution in [3.63, 3.8) is 0 Å². The second kappa shape index (κ2) is 7.75. The standard InChI is InChI=1S/C15H24N2O/c1-4-7-11-16-15(18)17-14-12(5-2)9-8-10-13(14)6-3/h8-10H,4-7,11H2,1-3H3,(H2,16,17,18). The molecule has 3 nitrogen and oxygen atoms in total. The summed E-state index contributed by atoms with van der Waals surface area (Å²) in [5, 5.41) is 5.87. The number of nitrogens with one attached hydrogen (secondary N) is 2. The van der Waals surface area contributed by atoms with Crippen molar-refractivity contribution in [3.8, 4) is 0 Å². The Morgan fingerprint density at radius 2 is 1.72 bits per heavy atom. The molecule has 0 saturated heterocycles. The van der Waals surface area contributed by atoms with Gasteiger partial charge < -0.3 is 10.6 Å². The molecule has 2 N–H and O–H groups in total. The highest BCUT2D eigenvalue weighted by molar-refractivity contribution is 5.91. The molecule has 0 atom stereocenters. The zero-order valence-electron chi connectivity index (χ0n) is 11.7. The van der Waals surface area contributed by atoms with Crippen molar-refractivity contribution >= 4 is 11.7 Å². The quantitative estimate of drug-likeness (QED) is 0.740. The van der Waals surface area contributed by atoms with Gasteiger partial charge >= 0.3 is 6.03 Å².